The molecule has 0 bridgehead atoms. The molecule has 6 N–H and O–H groups in total. The highest BCUT2D eigenvalue weighted by atomic mass is 32.3. The smallest absolute Gasteiger partial charge is 0.397 e. The van der Waals surface area contributed by atoms with Crippen LogP contribution in [0, 0.1) is 13.8 Å². The lowest BCUT2D eigenvalue weighted by atomic mass is 10.1. The van der Waals surface area contributed by atoms with Gasteiger partial charge in [0, 0.05) is 6.07 Å². The number of nitrogens with zero attached hydrogens (tertiary/aromatic N) is 4. The Hall–Kier alpha value is -5.70. The average molecular weight is 951 g/mol. The topological polar surface area (TPSA) is 395 Å². The van der Waals surface area contributed by atoms with Gasteiger partial charge in [-0.25, -0.2) is 30.0 Å². The van der Waals surface area contributed by atoms with Crippen LogP contribution in [-0.2, 0) is 59.0 Å². The Labute approximate surface area is 344 Å². The van der Waals surface area contributed by atoms with E-state index in [9.17, 15) is 66.1 Å². The molecule has 0 aromatic heterocycles. The molecule has 4 aromatic carbocycles. The van der Waals surface area contributed by atoms with E-state index < -0.39 is 124 Å². The average Bonchev–Trinajstić information content (AvgIpc) is 3.13. The minimum absolute atomic E-state index is 0.0382. The molecule has 25 nitrogen and oxygen atoms in total. The summed E-state index contributed by atoms with van der Waals surface area (Å²) in [7, 11) is -23.5. The third-order valence-electron chi connectivity index (χ3n) is 7.77. The normalized spacial score (nSPS) is 13.5. The largest absolute Gasteiger partial charge is 0.478 e. The van der Waals surface area contributed by atoms with Crippen LogP contribution in [0.3, 0.4) is 0 Å². The summed E-state index contributed by atoms with van der Waals surface area (Å²) in [6, 6.07) is 10.2. The van der Waals surface area contributed by atoms with Crippen LogP contribution in [0.15, 0.2) is 105 Å². The number of sulfone groups is 2. The molecule has 0 aliphatic heterocycles. The predicted molar refractivity (Wildman–Crippen MR) is 209 cm³/mol. The molecular weight excluding hydrogens is 921 g/mol. The molecule has 4 rings (SSSR count). The van der Waals surface area contributed by atoms with Crippen molar-refractivity contribution < 1.29 is 74.0 Å². The number of anilines is 2. The summed E-state index contributed by atoms with van der Waals surface area (Å²) in [5.41, 5.74) is 2.24. The molecule has 0 unspecified atom stereocenters. The standard InChI is InChI=1S/C31H30N6O19S5/c1-17-14-25(18(2)13-24(17)34-33-23-8-7-21(15-27(23)59(46,47)48)58(44,45)12-10-56-61(52,53)54)35-37-29-26(38)16-22(31(40)41)28(30(29)39)36-32-19-3-5-20(6-4-19)57(42,43)11-9-55-60(49,50)51/h3-8,13-16,32,35H,9-12H2,1-2H3,(H,40,41)(H,46,47,48)(H,49,50,51)(H,52,53,54). The van der Waals surface area contributed by atoms with Crippen molar-refractivity contribution in [1.82, 2.24) is 0 Å². The van der Waals surface area contributed by atoms with E-state index in [0.717, 1.165) is 24.3 Å². The SMILES string of the molecule is Cc1cc(NN=c2c(=O)cc(C(=O)O)c(=NNc3ccc(S(=O)(=O)CCOS(=O)(=O)O)cc3)c2=O)c(C)cc1N=Nc1ccc(S(=O)(=O)CCOS(=O)(=O)O)cc1S(=O)(=O)O. The fourth-order valence-corrected chi connectivity index (χ4v) is 8.54. The molecule has 0 heterocycles. The van der Waals surface area contributed by atoms with Gasteiger partial charge in [-0.05, 0) is 79.6 Å². The molecule has 0 saturated heterocycles. The van der Waals surface area contributed by atoms with Crippen molar-refractivity contribution in [3.63, 3.8) is 0 Å². The van der Waals surface area contributed by atoms with Crippen LogP contribution in [-0.4, -0.2) is 91.5 Å². The van der Waals surface area contributed by atoms with Gasteiger partial charge in [-0.1, -0.05) is 0 Å². The monoisotopic (exact) mass is 950 g/mol. The molecule has 0 aliphatic carbocycles. The lowest BCUT2D eigenvalue weighted by molar-refractivity contribution is 0.0694. The van der Waals surface area contributed by atoms with Crippen molar-refractivity contribution in [3.8, 4) is 0 Å². The third kappa shape index (κ3) is 13.1. The highest BCUT2D eigenvalue weighted by molar-refractivity contribution is 7.92. The van der Waals surface area contributed by atoms with E-state index in [1.807, 2.05) is 0 Å². The maximum Gasteiger partial charge on any atom is 0.397 e. The number of azo groups is 1. The van der Waals surface area contributed by atoms with E-state index in [2.05, 4.69) is 39.6 Å². The predicted octanol–water partition coefficient (Wildman–Crippen LogP) is 0.302. The number of carbonyl (C=O) groups is 1. The summed E-state index contributed by atoms with van der Waals surface area (Å²) in [6.45, 7) is 1.14. The Balaban J connectivity index is 1.61. The second-order valence-electron chi connectivity index (χ2n) is 12.1. The van der Waals surface area contributed by atoms with Gasteiger partial charge in [-0.15, -0.1) is 5.11 Å². The van der Waals surface area contributed by atoms with Crippen LogP contribution in [0.5, 0.6) is 0 Å². The number of carboxylic acid groups (broad SMARTS) is 1. The summed E-state index contributed by atoms with van der Waals surface area (Å²) < 4.78 is 152. The second kappa shape index (κ2) is 18.5. The van der Waals surface area contributed by atoms with Gasteiger partial charge < -0.3 is 5.11 Å². The Morgan fingerprint density at radius 1 is 0.639 bits per heavy atom. The second-order valence-corrected chi connectivity index (χ2v) is 19.9. The maximum atomic E-state index is 13.4. The van der Waals surface area contributed by atoms with Gasteiger partial charge in [0.1, 0.15) is 15.9 Å². The van der Waals surface area contributed by atoms with Crippen molar-refractivity contribution in [1.29, 1.82) is 0 Å². The Morgan fingerprint density at radius 2 is 1.16 bits per heavy atom. The Morgan fingerprint density at radius 3 is 1.70 bits per heavy atom. The lowest BCUT2D eigenvalue weighted by Gasteiger charge is -2.09. The summed E-state index contributed by atoms with van der Waals surface area (Å²) in [4.78, 5) is 36.2. The van der Waals surface area contributed by atoms with Crippen molar-refractivity contribution in [3.05, 3.63) is 109 Å². The van der Waals surface area contributed by atoms with E-state index in [1.54, 1.807) is 0 Å². The van der Waals surface area contributed by atoms with E-state index in [1.165, 1.54) is 38.1 Å². The highest BCUT2D eigenvalue weighted by Gasteiger charge is 2.23. The van der Waals surface area contributed by atoms with E-state index in [-0.39, 0.29) is 22.0 Å². The molecule has 0 radical (unpaired) electrons. The Kier molecular flexibility index (Phi) is 14.6. The molecule has 0 saturated carbocycles. The third-order valence-corrected chi connectivity index (χ3v) is 13.0. The van der Waals surface area contributed by atoms with Crippen LogP contribution in [0.2, 0.25) is 0 Å². The molecule has 0 aliphatic rings. The molecule has 61 heavy (non-hydrogen) atoms. The zero-order chi connectivity index (χ0) is 45.7. The zero-order valence-electron chi connectivity index (χ0n) is 30.8. The van der Waals surface area contributed by atoms with Crippen molar-refractivity contribution in [2.45, 2.75) is 28.5 Å². The first-order valence-corrected chi connectivity index (χ1v) is 23.7. The molecule has 4 aromatic rings. The van der Waals surface area contributed by atoms with E-state index >= 15 is 0 Å². The molecular formula is C31H30N6O19S5. The fourth-order valence-electron chi connectivity index (χ4n) is 4.82. The van der Waals surface area contributed by atoms with Gasteiger partial charge in [-0.2, -0.15) is 40.6 Å². The maximum absolute atomic E-state index is 13.4. The summed E-state index contributed by atoms with van der Waals surface area (Å²) in [6.07, 6.45) is 0. The van der Waals surface area contributed by atoms with Crippen molar-refractivity contribution in [2.24, 2.45) is 20.4 Å². The molecule has 0 atom stereocenters. The van der Waals surface area contributed by atoms with Crippen molar-refractivity contribution >= 4 is 79.3 Å². The van der Waals surface area contributed by atoms with Gasteiger partial charge >= 0.3 is 26.8 Å². The number of benzene rings is 4. The number of rotatable bonds is 18. The van der Waals surface area contributed by atoms with Gasteiger partial charge in [0.05, 0.1) is 57.1 Å². The van der Waals surface area contributed by atoms with Gasteiger partial charge in [-0.3, -0.25) is 34.1 Å². The molecule has 0 spiro atoms. The van der Waals surface area contributed by atoms with Crippen LogP contribution >= 0.6 is 0 Å². The zero-order valence-corrected chi connectivity index (χ0v) is 34.9. The first kappa shape index (κ1) is 48.0. The van der Waals surface area contributed by atoms with Gasteiger partial charge in [0.2, 0.25) is 10.9 Å². The molecule has 30 heteroatoms. The highest BCUT2D eigenvalue weighted by Crippen LogP contribution is 2.32. The molecule has 0 amide bonds. The van der Waals surface area contributed by atoms with Crippen LogP contribution < -0.4 is 32.4 Å². The van der Waals surface area contributed by atoms with Crippen LogP contribution in [0.1, 0.15) is 21.5 Å². The first-order chi connectivity index (χ1) is 28.1. The minimum atomic E-state index is -5.12. The van der Waals surface area contributed by atoms with Crippen molar-refractivity contribution in [2.75, 3.05) is 35.6 Å². The minimum Gasteiger partial charge on any atom is -0.478 e. The number of aryl methyl sites for hydroxylation is 2. The number of hydrogen-bond donors (Lipinski definition) is 6. The van der Waals surface area contributed by atoms with E-state index in [4.69, 9.17) is 9.11 Å². The van der Waals surface area contributed by atoms with Crippen LogP contribution in [0.25, 0.3) is 0 Å². The van der Waals surface area contributed by atoms with Crippen LogP contribution in [0.4, 0.5) is 22.7 Å². The van der Waals surface area contributed by atoms with Gasteiger partial charge in [0.25, 0.3) is 10.1 Å². The molecule has 0 fully saturated rings. The summed E-state index contributed by atoms with van der Waals surface area (Å²) in [5, 5.41) is 23.5. The number of nitrogens with one attached hydrogen (secondary N) is 2. The Bertz CT molecular complexity index is 3240. The molecule has 328 valence electrons. The number of carboxylic acids is 1. The first-order valence-electron chi connectivity index (χ1n) is 16.2. The number of hydrogen-bond acceptors (Lipinski definition) is 21. The van der Waals surface area contributed by atoms with E-state index in [0.29, 0.717) is 23.3 Å². The summed E-state index contributed by atoms with van der Waals surface area (Å²) in [5.74, 6) is -3.52. The number of aromatic carboxylic acids is 1. The summed E-state index contributed by atoms with van der Waals surface area (Å²) >= 11 is 0. The fraction of sp³-hybridized carbons (Fsp3) is 0.194. The lowest BCUT2D eigenvalue weighted by Crippen LogP contribution is -2.50. The van der Waals surface area contributed by atoms with Gasteiger partial charge in [0.15, 0.2) is 25.0 Å². The quantitative estimate of drug-likeness (QED) is 0.0444.